The molecular weight excluding hydrogens is 245 g/mol. The zero-order chi connectivity index (χ0) is 11.1. The van der Waals surface area contributed by atoms with E-state index in [-0.39, 0.29) is 19.6 Å². The van der Waals surface area contributed by atoms with Crippen molar-refractivity contribution in [2.24, 2.45) is 0 Å². The molecule has 0 amide bonds. The average molecular weight is 247 g/mol. The van der Waals surface area contributed by atoms with Crippen LogP contribution in [0.3, 0.4) is 0 Å². The fourth-order valence-corrected chi connectivity index (χ4v) is 0.892. The Bertz CT molecular complexity index is 357. The minimum absolute atomic E-state index is 0. The van der Waals surface area contributed by atoms with Crippen LogP contribution >= 0.6 is 13.5 Å². The molecule has 9 heteroatoms. The topological polar surface area (TPSA) is 43.1 Å². The van der Waals surface area contributed by atoms with E-state index in [1.54, 1.807) is 0 Å². The van der Waals surface area contributed by atoms with Gasteiger partial charge in [0, 0.05) is 19.6 Å². The third kappa shape index (κ3) is 1.83. The highest BCUT2D eigenvalue weighted by Gasteiger charge is 2.62. The molecule has 0 bridgehead atoms. The van der Waals surface area contributed by atoms with Crippen molar-refractivity contribution in [3.8, 4) is 0 Å². The monoisotopic (exact) mass is 247 g/mol. The smallest absolute Gasteiger partial charge is 0.261 e. The highest BCUT2D eigenvalue weighted by molar-refractivity contribution is 7.59. The van der Waals surface area contributed by atoms with Crippen molar-refractivity contribution in [3.63, 3.8) is 0 Å². The van der Waals surface area contributed by atoms with Gasteiger partial charge in [0.2, 0.25) is 5.83 Å². The van der Waals surface area contributed by atoms with Gasteiger partial charge in [-0.25, -0.2) is 13.2 Å². The van der Waals surface area contributed by atoms with Crippen molar-refractivity contribution in [1.82, 2.24) is 0 Å². The summed E-state index contributed by atoms with van der Waals surface area (Å²) in [4.78, 5) is 7.89. The molecule has 3 nitrogen and oxygen atoms in total. The van der Waals surface area contributed by atoms with Gasteiger partial charge in [-0.1, -0.05) is 0 Å². The molecule has 0 aromatic rings. The molecule has 2 unspecified atom stereocenters. The molecule has 0 aromatic carbocycles. The van der Waals surface area contributed by atoms with Gasteiger partial charge in [-0.05, 0) is 0 Å². The van der Waals surface area contributed by atoms with Gasteiger partial charge in [0.15, 0.2) is 5.83 Å². The SMILES string of the molecule is O=[N+]([O-])C1(F)C(F)=C(F)C=C(F)C1F.[S]. The second-order valence-corrected chi connectivity index (χ2v) is 2.48. The van der Waals surface area contributed by atoms with E-state index in [1.807, 2.05) is 0 Å². The van der Waals surface area contributed by atoms with E-state index >= 15 is 0 Å². The quantitative estimate of drug-likeness (QED) is 0.309. The molecule has 0 aliphatic heterocycles. The van der Waals surface area contributed by atoms with Gasteiger partial charge in [-0.15, -0.1) is 0 Å². The minimum Gasteiger partial charge on any atom is -0.261 e. The maximum atomic E-state index is 13.0. The van der Waals surface area contributed by atoms with Crippen LogP contribution in [0.2, 0.25) is 0 Å². The molecule has 1 rings (SSSR count). The summed E-state index contributed by atoms with van der Waals surface area (Å²) in [6.07, 6.45) is -3.75. The Kier molecular flexibility index (Phi) is 3.86. The third-order valence-corrected chi connectivity index (χ3v) is 1.63. The molecule has 2 atom stereocenters. The lowest BCUT2D eigenvalue weighted by Crippen LogP contribution is -2.46. The van der Waals surface area contributed by atoms with Crippen LogP contribution in [0.5, 0.6) is 0 Å². The number of allylic oxidation sites excluding steroid dienone is 2. The van der Waals surface area contributed by atoms with E-state index in [1.165, 1.54) is 0 Å². The highest BCUT2D eigenvalue weighted by atomic mass is 32.1. The van der Waals surface area contributed by atoms with Gasteiger partial charge in [0.25, 0.3) is 6.17 Å². The van der Waals surface area contributed by atoms with Crippen LogP contribution in [0.4, 0.5) is 22.0 Å². The zero-order valence-electron chi connectivity index (χ0n) is 6.72. The summed E-state index contributed by atoms with van der Waals surface area (Å²) in [6, 6.07) is 0. The van der Waals surface area contributed by atoms with Gasteiger partial charge >= 0.3 is 5.79 Å². The molecule has 0 heterocycles. The lowest BCUT2D eigenvalue weighted by Gasteiger charge is -2.20. The van der Waals surface area contributed by atoms with Crippen molar-refractivity contribution in [1.29, 1.82) is 0 Å². The summed E-state index contributed by atoms with van der Waals surface area (Å²) >= 11 is 0. The second kappa shape index (κ2) is 4.17. The van der Waals surface area contributed by atoms with Crippen molar-refractivity contribution in [3.05, 3.63) is 33.7 Å². The molecule has 1 aliphatic carbocycles. The van der Waals surface area contributed by atoms with E-state index < -0.39 is 34.4 Å². The van der Waals surface area contributed by atoms with Gasteiger partial charge < -0.3 is 0 Å². The van der Waals surface area contributed by atoms with E-state index in [4.69, 9.17) is 0 Å². The molecule has 0 spiro atoms. The Hall–Kier alpha value is -1.12. The Balaban J connectivity index is 0.00000196. The van der Waals surface area contributed by atoms with Crippen molar-refractivity contribution >= 4 is 13.5 Å². The number of alkyl halides is 2. The van der Waals surface area contributed by atoms with E-state index in [0.29, 0.717) is 0 Å². The molecule has 0 saturated carbocycles. The Morgan fingerprint density at radius 1 is 1.40 bits per heavy atom. The lowest BCUT2D eigenvalue weighted by atomic mass is 10.0. The molecule has 84 valence electrons. The van der Waals surface area contributed by atoms with Gasteiger partial charge in [0.1, 0.15) is 5.83 Å². The predicted molar refractivity (Wildman–Crippen MR) is 41.8 cm³/mol. The third-order valence-electron chi connectivity index (χ3n) is 1.63. The molecule has 0 aromatic heterocycles. The molecule has 15 heavy (non-hydrogen) atoms. The number of nitrogens with zero attached hydrogens (tertiary/aromatic N) is 1. The Morgan fingerprint density at radius 2 is 1.87 bits per heavy atom. The number of hydrogen-bond acceptors (Lipinski definition) is 2. The molecule has 0 saturated heterocycles. The lowest BCUT2D eigenvalue weighted by molar-refractivity contribution is -0.605. The fraction of sp³-hybridized carbons (Fsp3) is 0.333. The summed E-state index contributed by atoms with van der Waals surface area (Å²) in [5.41, 5.74) is 0. The first-order valence-electron chi connectivity index (χ1n) is 3.22. The Morgan fingerprint density at radius 3 is 2.27 bits per heavy atom. The molecular formula is C6H2F5NO2S. The first kappa shape index (κ1) is 13.9. The van der Waals surface area contributed by atoms with Crippen LogP contribution in [0.1, 0.15) is 0 Å². The zero-order valence-corrected chi connectivity index (χ0v) is 7.53. The van der Waals surface area contributed by atoms with Gasteiger partial charge in [-0.2, -0.15) is 8.78 Å². The molecule has 0 N–H and O–H groups in total. The standard InChI is InChI=1S/C6H2F5NO2.S/c7-2-1-3(8)5(10)6(11,4(2)9)12(13)14;/h1,4H;. The van der Waals surface area contributed by atoms with E-state index in [0.717, 1.165) is 0 Å². The fourth-order valence-electron chi connectivity index (χ4n) is 0.892. The minimum atomic E-state index is -4.51. The van der Waals surface area contributed by atoms with E-state index in [2.05, 4.69) is 0 Å². The molecule has 1 aliphatic rings. The summed E-state index contributed by atoms with van der Waals surface area (Å²) in [5, 5.41) is 9.94. The largest absolute Gasteiger partial charge is 0.450 e. The van der Waals surface area contributed by atoms with Crippen LogP contribution in [0.15, 0.2) is 23.6 Å². The maximum absolute atomic E-state index is 13.0. The number of halogens is 5. The second-order valence-electron chi connectivity index (χ2n) is 2.48. The first-order chi connectivity index (χ1) is 6.31. The van der Waals surface area contributed by atoms with Crippen molar-refractivity contribution in [2.45, 2.75) is 12.0 Å². The summed E-state index contributed by atoms with van der Waals surface area (Å²) in [7, 11) is 0. The van der Waals surface area contributed by atoms with Crippen molar-refractivity contribution < 1.29 is 26.9 Å². The maximum Gasteiger partial charge on any atom is 0.450 e. The normalized spacial score (nSPS) is 30.7. The van der Waals surface area contributed by atoms with Crippen molar-refractivity contribution in [2.75, 3.05) is 0 Å². The van der Waals surface area contributed by atoms with Crippen LogP contribution < -0.4 is 0 Å². The summed E-state index contributed by atoms with van der Waals surface area (Å²) < 4.78 is 62.8. The summed E-state index contributed by atoms with van der Waals surface area (Å²) in [6.45, 7) is 0. The highest BCUT2D eigenvalue weighted by Crippen LogP contribution is 2.40. The first-order valence-corrected chi connectivity index (χ1v) is 3.22. The average Bonchev–Trinajstić information content (AvgIpc) is 2.11. The predicted octanol–water partition coefficient (Wildman–Crippen LogP) is 2.93. The van der Waals surface area contributed by atoms with Crippen LogP contribution in [-0.2, 0) is 0 Å². The van der Waals surface area contributed by atoms with Gasteiger partial charge in [-0.3, -0.25) is 10.1 Å². The number of hydrogen-bond donors (Lipinski definition) is 0. The van der Waals surface area contributed by atoms with Crippen LogP contribution in [0, 0.1) is 10.1 Å². The van der Waals surface area contributed by atoms with E-state index in [9.17, 15) is 32.1 Å². The number of rotatable bonds is 1. The van der Waals surface area contributed by atoms with Gasteiger partial charge in [0.05, 0.1) is 4.92 Å². The molecule has 2 radical (unpaired) electrons. The number of nitro groups is 1. The van der Waals surface area contributed by atoms with Crippen LogP contribution in [-0.4, -0.2) is 16.9 Å². The van der Waals surface area contributed by atoms with Crippen LogP contribution in [0.25, 0.3) is 0 Å². The Labute approximate surface area is 86.9 Å². The molecule has 0 fully saturated rings. The summed E-state index contributed by atoms with van der Waals surface area (Å²) in [5.74, 6) is -11.3.